The number of nitrogens with zero attached hydrogens (tertiary/aromatic N) is 2. The minimum Gasteiger partial charge on any atom is -0.480 e. The molecular weight excluding hydrogens is 365 g/mol. The molecule has 1 heterocycles. The Morgan fingerprint density at radius 3 is 2.56 bits per heavy atom. The molecule has 1 amide bonds. The third-order valence-electron chi connectivity index (χ3n) is 4.39. The SMILES string of the molecule is Cc1ccc(NC(=O)CN2CCC(N(C)CC(=O)O)CC2)cc1Cl.Cl. The number of aryl methyl sites for hydroxylation is 1. The van der Waals surface area contributed by atoms with Crippen molar-refractivity contribution in [3.8, 4) is 0 Å². The van der Waals surface area contributed by atoms with Gasteiger partial charge in [0, 0.05) is 29.8 Å². The summed E-state index contributed by atoms with van der Waals surface area (Å²) in [6, 6.07) is 5.73. The lowest BCUT2D eigenvalue weighted by Gasteiger charge is -2.35. The molecule has 0 atom stereocenters. The van der Waals surface area contributed by atoms with E-state index in [4.69, 9.17) is 16.7 Å². The summed E-state index contributed by atoms with van der Waals surface area (Å²) in [6.45, 7) is 3.88. The van der Waals surface area contributed by atoms with Gasteiger partial charge in [-0.3, -0.25) is 19.4 Å². The molecule has 25 heavy (non-hydrogen) atoms. The zero-order valence-electron chi connectivity index (χ0n) is 14.5. The highest BCUT2D eigenvalue weighted by Crippen LogP contribution is 2.20. The lowest BCUT2D eigenvalue weighted by molar-refractivity contribution is -0.138. The number of halogens is 2. The number of carbonyl (C=O) groups is 2. The first-order chi connectivity index (χ1) is 11.3. The molecule has 1 aliphatic rings. The van der Waals surface area contributed by atoms with Gasteiger partial charge in [-0.05, 0) is 44.5 Å². The monoisotopic (exact) mass is 389 g/mol. The summed E-state index contributed by atoms with van der Waals surface area (Å²) in [4.78, 5) is 26.9. The fraction of sp³-hybridized carbons (Fsp3) is 0.529. The van der Waals surface area contributed by atoms with E-state index in [1.54, 1.807) is 6.07 Å². The van der Waals surface area contributed by atoms with Gasteiger partial charge in [0.2, 0.25) is 5.91 Å². The molecule has 2 N–H and O–H groups in total. The summed E-state index contributed by atoms with van der Waals surface area (Å²) in [5, 5.41) is 12.3. The van der Waals surface area contributed by atoms with Gasteiger partial charge in [-0.25, -0.2) is 0 Å². The minimum absolute atomic E-state index is 0. The molecule has 1 aromatic carbocycles. The molecular formula is C17H25Cl2N3O3. The van der Waals surface area contributed by atoms with E-state index in [0.717, 1.165) is 31.5 Å². The third-order valence-corrected chi connectivity index (χ3v) is 4.80. The second-order valence-corrected chi connectivity index (χ2v) is 6.74. The zero-order valence-corrected chi connectivity index (χ0v) is 16.1. The van der Waals surface area contributed by atoms with Gasteiger partial charge in [0.25, 0.3) is 0 Å². The Morgan fingerprint density at radius 2 is 2.00 bits per heavy atom. The average Bonchev–Trinajstić information content (AvgIpc) is 2.51. The van der Waals surface area contributed by atoms with Crippen LogP contribution in [0.25, 0.3) is 0 Å². The number of hydrogen-bond acceptors (Lipinski definition) is 4. The summed E-state index contributed by atoms with van der Waals surface area (Å²) in [5.41, 5.74) is 1.67. The van der Waals surface area contributed by atoms with E-state index >= 15 is 0 Å². The van der Waals surface area contributed by atoms with Crippen LogP contribution in [0.3, 0.4) is 0 Å². The Balaban J connectivity index is 0.00000312. The van der Waals surface area contributed by atoms with E-state index < -0.39 is 5.97 Å². The van der Waals surface area contributed by atoms with Crippen LogP contribution in [0.5, 0.6) is 0 Å². The van der Waals surface area contributed by atoms with Crippen molar-refractivity contribution in [2.75, 3.05) is 38.5 Å². The number of likely N-dealkylation sites (tertiary alicyclic amines) is 1. The number of carboxylic acids is 1. The Morgan fingerprint density at radius 1 is 1.36 bits per heavy atom. The molecule has 140 valence electrons. The van der Waals surface area contributed by atoms with Crippen LogP contribution in [0.2, 0.25) is 5.02 Å². The Labute approximate surface area is 159 Å². The average molecular weight is 390 g/mol. The molecule has 1 aromatic rings. The van der Waals surface area contributed by atoms with Crippen LogP contribution < -0.4 is 5.32 Å². The van der Waals surface area contributed by atoms with Crippen molar-refractivity contribution in [2.45, 2.75) is 25.8 Å². The lowest BCUT2D eigenvalue weighted by atomic mass is 10.0. The van der Waals surface area contributed by atoms with E-state index in [1.165, 1.54) is 0 Å². The largest absolute Gasteiger partial charge is 0.480 e. The normalized spacial score (nSPS) is 15.7. The third kappa shape index (κ3) is 6.82. The maximum Gasteiger partial charge on any atom is 0.317 e. The molecule has 1 aliphatic heterocycles. The highest BCUT2D eigenvalue weighted by Gasteiger charge is 2.24. The Hall–Kier alpha value is -1.34. The van der Waals surface area contributed by atoms with Gasteiger partial charge in [-0.1, -0.05) is 17.7 Å². The second kappa shape index (κ2) is 9.97. The van der Waals surface area contributed by atoms with E-state index in [1.807, 2.05) is 31.0 Å². The second-order valence-electron chi connectivity index (χ2n) is 6.33. The number of amides is 1. The van der Waals surface area contributed by atoms with Gasteiger partial charge in [-0.2, -0.15) is 0 Å². The summed E-state index contributed by atoms with van der Waals surface area (Å²) >= 11 is 6.06. The van der Waals surface area contributed by atoms with Crippen LogP contribution in [0, 0.1) is 6.92 Å². The number of benzene rings is 1. The zero-order chi connectivity index (χ0) is 17.7. The standard InChI is InChI=1S/C17H24ClN3O3.ClH/c1-12-3-4-13(9-15(12)18)19-16(22)10-21-7-5-14(6-8-21)20(2)11-17(23)24;/h3-4,9,14H,5-8,10-11H2,1-2H3,(H,19,22)(H,23,24);1H. The van der Waals surface area contributed by atoms with E-state index in [2.05, 4.69) is 10.2 Å². The molecule has 0 aromatic heterocycles. The van der Waals surface area contributed by atoms with Crippen LogP contribution in [0.15, 0.2) is 18.2 Å². The number of piperidine rings is 1. The van der Waals surface area contributed by atoms with Crippen molar-refractivity contribution in [3.63, 3.8) is 0 Å². The molecule has 0 bridgehead atoms. The van der Waals surface area contributed by atoms with Crippen LogP contribution in [-0.4, -0.2) is 66.1 Å². The number of hydrogen-bond donors (Lipinski definition) is 2. The van der Waals surface area contributed by atoms with Gasteiger partial charge in [0.05, 0.1) is 13.1 Å². The predicted octanol–water partition coefficient (Wildman–Crippen LogP) is 2.49. The summed E-state index contributed by atoms with van der Waals surface area (Å²) in [7, 11) is 1.84. The molecule has 0 aliphatic carbocycles. The maximum atomic E-state index is 12.2. The molecule has 6 nitrogen and oxygen atoms in total. The number of aliphatic carboxylic acids is 1. The first-order valence-corrected chi connectivity index (χ1v) is 8.43. The molecule has 0 spiro atoms. The van der Waals surface area contributed by atoms with Gasteiger partial charge in [0.15, 0.2) is 0 Å². The number of anilines is 1. The van der Waals surface area contributed by atoms with Crippen molar-refractivity contribution >= 4 is 41.6 Å². The Kier molecular flexibility index (Phi) is 8.65. The van der Waals surface area contributed by atoms with E-state index in [-0.39, 0.29) is 30.9 Å². The lowest BCUT2D eigenvalue weighted by Crippen LogP contribution is -2.46. The fourth-order valence-corrected chi connectivity index (χ4v) is 3.12. The van der Waals surface area contributed by atoms with Crippen molar-refractivity contribution in [1.82, 2.24) is 9.80 Å². The molecule has 8 heteroatoms. The Bertz CT molecular complexity index is 605. The molecule has 2 rings (SSSR count). The highest BCUT2D eigenvalue weighted by molar-refractivity contribution is 6.31. The van der Waals surface area contributed by atoms with Crippen LogP contribution in [-0.2, 0) is 9.59 Å². The van der Waals surface area contributed by atoms with E-state index in [0.29, 0.717) is 17.3 Å². The molecule has 1 fully saturated rings. The molecule has 0 unspecified atom stereocenters. The number of carbonyl (C=O) groups excluding carboxylic acids is 1. The predicted molar refractivity (Wildman–Crippen MR) is 102 cm³/mol. The topological polar surface area (TPSA) is 72.9 Å². The minimum atomic E-state index is -0.809. The van der Waals surface area contributed by atoms with Gasteiger partial charge >= 0.3 is 5.97 Å². The molecule has 0 radical (unpaired) electrons. The van der Waals surface area contributed by atoms with Gasteiger partial charge < -0.3 is 10.4 Å². The van der Waals surface area contributed by atoms with Crippen LogP contribution in [0.4, 0.5) is 5.69 Å². The van der Waals surface area contributed by atoms with Crippen molar-refractivity contribution in [1.29, 1.82) is 0 Å². The van der Waals surface area contributed by atoms with Crippen LogP contribution >= 0.6 is 24.0 Å². The summed E-state index contributed by atoms with van der Waals surface area (Å²) in [6.07, 6.45) is 1.74. The maximum absolute atomic E-state index is 12.2. The van der Waals surface area contributed by atoms with Gasteiger partial charge in [0.1, 0.15) is 0 Å². The van der Waals surface area contributed by atoms with Crippen molar-refractivity contribution in [3.05, 3.63) is 28.8 Å². The fourth-order valence-electron chi connectivity index (χ4n) is 2.93. The summed E-state index contributed by atoms with van der Waals surface area (Å²) in [5.74, 6) is -0.872. The first-order valence-electron chi connectivity index (χ1n) is 8.05. The van der Waals surface area contributed by atoms with Crippen molar-refractivity contribution in [2.24, 2.45) is 0 Å². The number of carboxylic acid groups (broad SMARTS) is 1. The summed E-state index contributed by atoms with van der Waals surface area (Å²) < 4.78 is 0. The molecule has 0 saturated carbocycles. The van der Waals surface area contributed by atoms with Crippen LogP contribution in [0.1, 0.15) is 18.4 Å². The first kappa shape index (κ1) is 21.7. The smallest absolute Gasteiger partial charge is 0.317 e. The number of nitrogens with one attached hydrogen (secondary N) is 1. The molecule has 1 saturated heterocycles. The highest BCUT2D eigenvalue weighted by atomic mass is 35.5. The van der Waals surface area contributed by atoms with Gasteiger partial charge in [-0.15, -0.1) is 12.4 Å². The number of rotatable bonds is 6. The van der Waals surface area contributed by atoms with E-state index in [9.17, 15) is 9.59 Å². The quantitative estimate of drug-likeness (QED) is 0.781. The van der Waals surface area contributed by atoms with Crippen molar-refractivity contribution < 1.29 is 14.7 Å². The number of likely N-dealkylation sites (N-methyl/N-ethyl adjacent to an activating group) is 1.